The lowest BCUT2D eigenvalue weighted by Gasteiger charge is -2.30. The molecule has 0 bridgehead atoms. The largest absolute Gasteiger partial charge is 0.312 e. The molecule has 22 heavy (non-hydrogen) atoms. The van der Waals surface area contributed by atoms with Crippen LogP contribution in [0.25, 0.3) is 0 Å². The summed E-state index contributed by atoms with van der Waals surface area (Å²) in [7, 11) is 0. The predicted molar refractivity (Wildman–Crippen MR) is 86.5 cm³/mol. The van der Waals surface area contributed by atoms with Crippen molar-refractivity contribution in [3.63, 3.8) is 0 Å². The molecule has 0 aromatic heterocycles. The van der Waals surface area contributed by atoms with Crippen LogP contribution in [0.5, 0.6) is 0 Å². The molecule has 2 aromatic carbocycles. The summed E-state index contributed by atoms with van der Waals surface area (Å²) in [4.78, 5) is 14.4. The van der Waals surface area contributed by atoms with Crippen LogP contribution in [0.15, 0.2) is 48.5 Å². The molecule has 0 spiro atoms. The molecule has 1 amide bonds. The number of anilines is 1. The first-order valence-corrected chi connectivity index (χ1v) is 7.79. The van der Waals surface area contributed by atoms with Gasteiger partial charge >= 0.3 is 0 Å². The van der Waals surface area contributed by atoms with Gasteiger partial charge in [-0.3, -0.25) is 4.79 Å². The van der Waals surface area contributed by atoms with Gasteiger partial charge in [0.15, 0.2) is 0 Å². The van der Waals surface area contributed by atoms with Crippen LogP contribution in [0.1, 0.15) is 36.8 Å². The zero-order valence-electron chi connectivity index (χ0n) is 12.8. The summed E-state index contributed by atoms with van der Waals surface area (Å²) in [5, 5.41) is 0. The van der Waals surface area contributed by atoms with Crippen LogP contribution in [-0.2, 0) is 11.2 Å². The Hall–Kier alpha value is -2.16. The molecule has 0 N–H and O–H groups in total. The van der Waals surface area contributed by atoms with Gasteiger partial charge in [0, 0.05) is 18.7 Å². The van der Waals surface area contributed by atoms with E-state index in [1.807, 2.05) is 30.3 Å². The van der Waals surface area contributed by atoms with E-state index in [0.29, 0.717) is 13.0 Å². The Morgan fingerprint density at radius 1 is 1.23 bits per heavy atom. The smallest absolute Gasteiger partial charge is 0.227 e. The molecule has 0 saturated carbocycles. The van der Waals surface area contributed by atoms with Gasteiger partial charge in [-0.25, -0.2) is 4.39 Å². The molecule has 1 unspecified atom stereocenters. The van der Waals surface area contributed by atoms with Gasteiger partial charge in [-0.1, -0.05) is 43.3 Å². The summed E-state index contributed by atoms with van der Waals surface area (Å²) < 4.78 is 13.5. The number of amides is 1. The number of hydrogen-bond acceptors (Lipinski definition) is 1. The van der Waals surface area contributed by atoms with E-state index < -0.39 is 0 Å². The summed E-state index contributed by atoms with van der Waals surface area (Å²) in [5.74, 6) is -0.0508. The van der Waals surface area contributed by atoms with Crippen LogP contribution >= 0.6 is 0 Å². The molecular weight excluding hydrogens is 277 g/mol. The van der Waals surface area contributed by atoms with Crippen molar-refractivity contribution in [3.8, 4) is 0 Å². The van der Waals surface area contributed by atoms with Gasteiger partial charge in [-0.05, 0) is 42.0 Å². The third-order valence-electron chi connectivity index (χ3n) is 4.32. The second kappa shape index (κ2) is 6.30. The third kappa shape index (κ3) is 3.03. The fraction of sp³-hybridized carbons (Fsp3) is 0.316. The SMILES string of the molecule is CC(CC(=O)N1CCCc2ccc(F)cc21)c1ccccc1. The second-order valence-corrected chi connectivity index (χ2v) is 5.94. The van der Waals surface area contributed by atoms with Gasteiger partial charge < -0.3 is 4.90 Å². The van der Waals surface area contributed by atoms with Crippen LogP contribution in [0.3, 0.4) is 0 Å². The summed E-state index contributed by atoms with van der Waals surface area (Å²) in [6.45, 7) is 2.74. The minimum absolute atomic E-state index is 0.0721. The summed E-state index contributed by atoms with van der Waals surface area (Å²) >= 11 is 0. The molecule has 2 aromatic rings. The molecule has 3 rings (SSSR count). The van der Waals surface area contributed by atoms with E-state index in [0.717, 1.165) is 29.7 Å². The fourth-order valence-corrected chi connectivity index (χ4v) is 3.08. The van der Waals surface area contributed by atoms with Crippen molar-refractivity contribution in [3.05, 3.63) is 65.5 Å². The fourth-order valence-electron chi connectivity index (χ4n) is 3.08. The van der Waals surface area contributed by atoms with E-state index in [9.17, 15) is 9.18 Å². The Balaban J connectivity index is 1.78. The normalized spacial score (nSPS) is 15.3. The van der Waals surface area contributed by atoms with Crippen molar-refractivity contribution >= 4 is 11.6 Å². The summed E-state index contributed by atoms with van der Waals surface area (Å²) in [6, 6.07) is 14.8. The molecule has 0 saturated heterocycles. The van der Waals surface area contributed by atoms with E-state index in [1.165, 1.54) is 12.1 Å². The average Bonchev–Trinajstić information content (AvgIpc) is 2.55. The van der Waals surface area contributed by atoms with Gasteiger partial charge in [0.2, 0.25) is 5.91 Å². The number of hydrogen-bond donors (Lipinski definition) is 0. The van der Waals surface area contributed by atoms with Crippen molar-refractivity contribution in [1.29, 1.82) is 0 Å². The number of nitrogens with zero attached hydrogens (tertiary/aromatic N) is 1. The lowest BCUT2D eigenvalue weighted by atomic mass is 9.95. The van der Waals surface area contributed by atoms with Crippen molar-refractivity contribution in [1.82, 2.24) is 0 Å². The molecule has 1 heterocycles. The second-order valence-electron chi connectivity index (χ2n) is 5.94. The quantitative estimate of drug-likeness (QED) is 0.827. The molecule has 0 radical (unpaired) electrons. The number of halogens is 1. The molecule has 1 atom stereocenters. The first-order valence-electron chi connectivity index (χ1n) is 7.79. The van der Waals surface area contributed by atoms with E-state index >= 15 is 0 Å². The Bertz CT molecular complexity index is 668. The van der Waals surface area contributed by atoms with Crippen LogP contribution < -0.4 is 4.90 Å². The van der Waals surface area contributed by atoms with Crippen LogP contribution in [0, 0.1) is 5.82 Å². The monoisotopic (exact) mass is 297 g/mol. The van der Waals surface area contributed by atoms with Gasteiger partial charge in [0.1, 0.15) is 5.82 Å². The number of carbonyl (C=O) groups is 1. The van der Waals surface area contributed by atoms with Crippen molar-refractivity contribution in [2.45, 2.75) is 32.1 Å². The third-order valence-corrected chi connectivity index (χ3v) is 4.32. The van der Waals surface area contributed by atoms with Crippen molar-refractivity contribution < 1.29 is 9.18 Å². The lowest BCUT2D eigenvalue weighted by molar-refractivity contribution is -0.119. The number of aryl methyl sites for hydroxylation is 1. The summed E-state index contributed by atoms with van der Waals surface area (Å²) in [6.07, 6.45) is 2.29. The molecule has 1 aliphatic heterocycles. The minimum Gasteiger partial charge on any atom is -0.312 e. The molecule has 0 fully saturated rings. The molecule has 3 heteroatoms. The Morgan fingerprint density at radius 2 is 2.00 bits per heavy atom. The van der Waals surface area contributed by atoms with E-state index in [1.54, 1.807) is 11.0 Å². The number of benzene rings is 2. The highest BCUT2D eigenvalue weighted by Crippen LogP contribution is 2.30. The summed E-state index contributed by atoms with van der Waals surface area (Å²) in [5.41, 5.74) is 2.97. The highest BCUT2D eigenvalue weighted by atomic mass is 19.1. The zero-order chi connectivity index (χ0) is 15.5. The molecule has 1 aliphatic rings. The standard InChI is InChI=1S/C19H20FNO/c1-14(15-6-3-2-4-7-15)12-19(22)21-11-5-8-16-9-10-17(20)13-18(16)21/h2-4,6-7,9-10,13-14H,5,8,11-12H2,1H3. The molecule has 114 valence electrons. The highest BCUT2D eigenvalue weighted by Gasteiger charge is 2.24. The minimum atomic E-state index is -0.283. The van der Waals surface area contributed by atoms with E-state index in [-0.39, 0.29) is 17.6 Å². The maximum absolute atomic E-state index is 13.5. The molecule has 0 aliphatic carbocycles. The zero-order valence-corrected chi connectivity index (χ0v) is 12.8. The van der Waals surface area contributed by atoms with Gasteiger partial charge in [-0.15, -0.1) is 0 Å². The van der Waals surface area contributed by atoms with Crippen LogP contribution in [-0.4, -0.2) is 12.5 Å². The lowest BCUT2D eigenvalue weighted by Crippen LogP contribution is -2.36. The average molecular weight is 297 g/mol. The highest BCUT2D eigenvalue weighted by molar-refractivity contribution is 5.95. The Kier molecular flexibility index (Phi) is 4.23. The van der Waals surface area contributed by atoms with Crippen LogP contribution in [0.4, 0.5) is 10.1 Å². The predicted octanol–water partition coefficient (Wildman–Crippen LogP) is 4.30. The maximum Gasteiger partial charge on any atom is 0.227 e. The van der Waals surface area contributed by atoms with E-state index in [4.69, 9.17) is 0 Å². The van der Waals surface area contributed by atoms with Gasteiger partial charge in [0.25, 0.3) is 0 Å². The van der Waals surface area contributed by atoms with Gasteiger partial charge in [-0.2, -0.15) is 0 Å². The topological polar surface area (TPSA) is 20.3 Å². The Labute approximate surface area is 130 Å². The molecule has 2 nitrogen and oxygen atoms in total. The first kappa shape index (κ1) is 14.8. The number of rotatable bonds is 3. The maximum atomic E-state index is 13.5. The molecular formula is C19H20FNO. The first-order chi connectivity index (χ1) is 10.6. The van der Waals surface area contributed by atoms with Crippen LogP contribution in [0.2, 0.25) is 0 Å². The Morgan fingerprint density at radius 3 is 2.77 bits per heavy atom. The number of fused-ring (bicyclic) bond motifs is 1. The van der Waals surface area contributed by atoms with Gasteiger partial charge in [0.05, 0.1) is 0 Å². The van der Waals surface area contributed by atoms with E-state index in [2.05, 4.69) is 6.92 Å². The van der Waals surface area contributed by atoms with Crippen molar-refractivity contribution in [2.24, 2.45) is 0 Å². The number of carbonyl (C=O) groups excluding carboxylic acids is 1. The van der Waals surface area contributed by atoms with Crippen molar-refractivity contribution in [2.75, 3.05) is 11.4 Å².